The van der Waals surface area contributed by atoms with E-state index in [1.54, 1.807) is 0 Å². The Hall–Kier alpha value is -0.610. The fourth-order valence-electron chi connectivity index (χ4n) is 3.46. The second-order valence-corrected chi connectivity index (χ2v) is 6.27. The van der Waals surface area contributed by atoms with Gasteiger partial charge in [-0.3, -0.25) is 4.79 Å². The highest BCUT2D eigenvalue weighted by Crippen LogP contribution is 2.32. The molecule has 0 aromatic carbocycles. The van der Waals surface area contributed by atoms with Crippen LogP contribution in [-0.2, 0) is 9.53 Å². The third-order valence-electron chi connectivity index (χ3n) is 5.06. The molecule has 0 aromatic rings. The van der Waals surface area contributed by atoms with E-state index in [-0.39, 0.29) is 17.6 Å². The summed E-state index contributed by atoms with van der Waals surface area (Å²) < 4.78 is 5.94. The lowest BCUT2D eigenvalue weighted by Gasteiger charge is -2.41. The summed E-state index contributed by atoms with van der Waals surface area (Å²) in [5.41, 5.74) is 5.55. The molecule has 1 amide bonds. The van der Waals surface area contributed by atoms with Crippen LogP contribution in [0, 0.1) is 0 Å². The fraction of sp³-hybridized carbons (Fsp3) is 0.933. The van der Waals surface area contributed by atoms with Crippen molar-refractivity contribution in [1.29, 1.82) is 0 Å². The summed E-state index contributed by atoms with van der Waals surface area (Å²) in [6, 6.07) is 0.224. The molecule has 0 aromatic heterocycles. The van der Waals surface area contributed by atoms with Gasteiger partial charge in [-0.25, -0.2) is 0 Å². The van der Waals surface area contributed by atoms with E-state index in [0.717, 1.165) is 58.0 Å². The van der Waals surface area contributed by atoms with Crippen LogP contribution in [-0.4, -0.2) is 29.7 Å². The van der Waals surface area contributed by atoms with Crippen molar-refractivity contribution < 1.29 is 9.53 Å². The van der Waals surface area contributed by atoms with Gasteiger partial charge in [0.25, 0.3) is 0 Å². The van der Waals surface area contributed by atoms with Gasteiger partial charge < -0.3 is 15.8 Å². The molecule has 1 aliphatic heterocycles. The van der Waals surface area contributed by atoms with Gasteiger partial charge in [0, 0.05) is 12.6 Å². The van der Waals surface area contributed by atoms with E-state index < -0.39 is 5.54 Å². The highest BCUT2D eigenvalue weighted by atomic mass is 16.5. The Morgan fingerprint density at radius 1 is 1.32 bits per heavy atom. The molecule has 3 N–H and O–H groups in total. The van der Waals surface area contributed by atoms with Gasteiger partial charge in [0.2, 0.25) is 5.91 Å². The first-order valence-electron chi connectivity index (χ1n) is 7.77. The van der Waals surface area contributed by atoms with Crippen LogP contribution >= 0.6 is 0 Å². The van der Waals surface area contributed by atoms with Gasteiger partial charge in [0.05, 0.1) is 11.1 Å². The maximum absolute atomic E-state index is 12.3. The van der Waals surface area contributed by atoms with Gasteiger partial charge in [-0.2, -0.15) is 0 Å². The number of amides is 1. The molecule has 1 heterocycles. The molecule has 1 saturated heterocycles. The SMILES string of the molecule is CCC1(CC)CC(NC(=O)C2(N)CCCC2)CCO1. The number of hydrogen-bond acceptors (Lipinski definition) is 3. The van der Waals surface area contributed by atoms with Gasteiger partial charge in [0.1, 0.15) is 0 Å². The lowest BCUT2D eigenvalue weighted by atomic mass is 9.85. The highest BCUT2D eigenvalue weighted by Gasteiger charge is 2.40. The normalized spacial score (nSPS) is 29.1. The predicted octanol–water partition coefficient (Wildman–Crippen LogP) is 2.11. The first kappa shape index (κ1) is 14.8. The minimum Gasteiger partial charge on any atom is -0.375 e. The zero-order valence-electron chi connectivity index (χ0n) is 12.3. The van der Waals surface area contributed by atoms with Crippen molar-refractivity contribution >= 4 is 5.91 Å². The molecule has 1 saturated carbocycles. The lowest BCUT2D eigenvalue weighted by Crippen LogP contribution is -2.57. The third kappa shape index (κ3) is 3.11. The molecule has 0 radical (unpaired) electrons. The molecule has 19 heavy (non-hydrogen) atoms. The molecular formula is C15H28N2O2. The zero-order valence-corrected chi connectivity index (χ0v) is 12.3. The third-order valence-corrected chi connectivity index (χ3v) is 5.06. The van der Waals surface area contributed by atoms with Crippen LogP contribution < -0.4 is 11.1 Å². The van der Waals surface area contributed by atoms with E-state index in [0.29, 0.717) is 0 Å². The standard InChI is InChI=1S/C15H28N2O2/c1-3-14(4-2)11-12(7-10-19-14)17-13(18)15(16)8-5-6-9-15/h12H,3-11,16H2,1-2H3,(H,17,18). The number of ether oxygens (including phenoxy) is 1. The van der Waals surface area contributed by atoms with Crippen LogP contribution in [0.5, 0.6) is 0 Å². The summed E-state index contributed by atoms with van der Waals surface area (Å²) in [5, 5.41) is 3.18. The second kappa shape index (κ2) is 5.80. The Labute approximate surface area is 116 Å². The molecule has 1 unspecified atom stereocenters. The topological polar surface area (TPSA) is 64.4 Å². The van der Waals surface area contributed by atoms with Gasteiger partial charge in [-0.15, -0.1) is 0 Å². The number of rotatable bonds is 4. The van der Waals surface area contributed by atoms with E-state index in [1.165, 1.54) is 0 Å². The average molecular weight is 268 g/mol. The van der Waals surface area contributed by atoms with Crippen LogP contribution in [0.1, 0.15) is 65.2 Å². The summed E-state index contributed by atoms with van der Waals surface area (Å²) in [5.74, 6) is 0.0537. The molecule has 2 fully saturated rings. The van der Waals surface area contributed by atoms with Crippen LogP contribution in [0.4, 0.5) is 0 Å². The Morgan fingerprint density at radius 2 is 1.95 bits per heavy atom. The Balaban J connectivity index is 1.93. The molecule has 4 nitrogen and oxygen atoms in total. The number of hydrogen-bond donors (Lipinski definition) is 2. The lowest BCUT2D eigenvalue weighted by molar-refractivity contribution is -0.130. The van der Waals surface area contributed by atoms with E-state index in [1.807, 2.05) is 0 Å². The average Bonchev–Trinajstić information content (AvgIpc) is 2.87. The van der Waals surface area contributed by atoms with E-state index >= 15 is 0 Å². The maximum Gasteiger partial charge on any atom is 0.240 e. The van der Waals surface area contributed by atoms with E-state index in [4.69, 9.17) is 10.5 Å². The van der Waals surface area contributed by atoms with E-state index in [9.17, 15) is 4.79 Å². The minimum atomic E-state index is -0.612. The molecule has 0 spiro atoms. The highest BCUT2D eigenvalue weighted by molar-refractivity contribution is 5.86. The Kier molecular flexibility index (Phi) is 4.51. The number of nitrogens with one attached hydrogen (secondary N) is 1. The summed E-state index contributed by atoms with van der Waals surface area (Å²) in [6.45, 7) is 5.06. The van der Waals surface area contributed by atoms with Crippen LogP contribution in [0.25, 0.3) is 0 Å². The van der Waals surface area contributed by atoms with Gasteiger partial charge >= 0.3 is 0 Å². The second-order valence-electron chi connectivity index (χ2n) is 6.27. The first-order chi connectivity index (χ1) is 9.03. The van der Waals surface area contributed by atoms with Crippen molar-refractivity contribution in [2.24, 2.45) is 5.73 Å². The summed E-state index contributed by atoms with van der Waals surface area (Å²) in [7, 11) is 0. The van der Waals surface area contributed by atoms with Crippen molar-refractivity contribution in [1.82, 2.24) is 5.32 Å². The van der Waals surface area contributed by atoms with Crippen molar-refractivity contribution in [3.8, 4) is 0 Å². The maximum atomic E-state index is 12.3. The predicted molar refractivity (Wildman–Crippen MR) is 75.8 cm³/mol. The van der Waals surface area contributed by atoms with Gasteiger partial charge in [0.15, 0.2) is 0 Å². The molecule has 1 aliphatic carbocycles. The molecule has 0 bridgehead atoms. The molecule has 1 atom stereocenters. The molecule has 2 aliphatic rings. The molecule has 4 heteroatoms. The quantitative estimate of drug-likeness (QED) is 0.821. The number of nitrogens with two attached hydrogens (primary N) is 1. The van der Waals surface area contributed by atoms with Gasteiger partial charge in [-0.05, 0) is 38.5 Å². The van der Waals surface area contributed by atoms with Crippen molar-refractivity contribution in [2.75, 3.05) is 6.61 Å². The van der Waals surface area contributed by atoms with Crippen LogP contribution in [0.15, 0.2) is 0 Å². The van der Waals surface area contributed by atoms with Crippen molar-refractivity contribution in [2.45, 2.75) is 82.4 Å². The molecule has 2 rings (SSSR count). The zero-order chi connectivity index (χ0) is 13.9. The van der Waals surface area contributed by atoms with E-state index in [2.05, 4.69) is 19.2 Å². The smallest absolute Gasteiger partial charge is 0.240 e. The largest absolute Gasteiger partial charge is 0.375 e. The Morgan fingerprint density at radius 3 is 2.53 bits per heavy atom. The fourth-order valence-corrected chi connectivity index (χ4v) is 3.46. The number of carbonyl (C=O) groups is 1. The molecular weight excluding hydrogens is 240 g/mol. The van der Waals surface area contributed by atoms with Crippen LogP contribution in [0.3, 0.4) is 0 Å². The van der Waals surface area contributed by atoms with Crippen molar-refractivity contribution in [3.63, 3.8) is 0 Å². The van der Waals surface area contributed by atoms with Gasteiger partial charge in [-0.1, -0.05) is 26.7 Å². The summed E-state index contributed by atoms with van der Waals surface area (Å²) in [4.78, 5) is 12.3. The summed E-state index contributed by atoms with van der Waals surface area (Å²) >= 11 is 0. The monoisotopic (exact) mass is 268 g/mol. The van der Waals surface area contributed by atoms with Crippen LogP contribution in [0.2, 0.25) is 0 Å². The van der Waals surface area contributed by atoms with Crippen molar-refractivity contribution in [3.05, 3.63) is 0 Å². The summed E-state index contributed by atoms with van der Waals surface area (Å²) in [6.07, 6.45) is 7.64. The molecule has 110 valence electrons. The Bertz CT molecular complexity index is 320. The number of carbonyl (C=O) groups excluding carboxylic acids is 1. The first-order valence-corrected chi connectivity index (χ1v) is 7.77. The minimum absolute atomic E-state index is 0.0480.